The second-order valence-corrected chi connectivity index (χ2v) is 6.56. The molecular formula is C20H20ClNO5. The molecule has 1 aliphatic rings. The largest absolute Gasteiger partial charge is 0.493 e. The average Bonchev–Trinajstić information content (AvgIpc) is 3.13. The maximum Gasteiger partial charge on any atom is 0.338 e. The van der Waals surface area contributed by atoms with Crippen molar-refractivity contribution in [1.29, 1.82) is 0 Å². The molecule has 1 aliphatic carbocycles. The van der Waals surface area contributed by atoms with E-state index in [1.165, 1.54) is 37.5 Å². The average molecular weight is 390 g/mol. The number of nitrogens with one attached hydrogen (secondary N) is 1. The number of benzene rings is 2. The molecule has 0 bridgehead atoms. The van der Waals surface area contributed by atoms with E-state index in [-0.39, 0.29) is 10.6 Å². The molecule has 1 N–H and O–H groups in total. The van der Waals surface area contributed by atoms with Gasteiger partial charge in [0.2, 0.25) is 0 Å². The minimum absolute atomic E-state index is 0.169. The van der Waals surface area contributed by atoms with Gasteiger partial charge in [0.15, 0.2) is 18.1 Å². The molecule has 0 atom stereocenters. The zero-order valence-corrected chi connectivity index (χ0v) is 15.9. The van der Waals surface area contributed by atoms with Crippen molar-refractivity contribution in [2.45, 2.75) is 19.3 Å². The van der Waals surface area contributed by atoms with Crippen LogP contribution in [0.5, 0.6) is 11.5 Å². The van der Waals surface area contributed by atoms with E-state index in [4.69, 9.17) is 25.8 Å². The number of esters is 1. The molecule has 0 unspecified atom stereocenters. The van der Waals surface area contributed by atoms with Crippen molar-refractivity contribution in [3.05, 3.63) is 52.0 Å². The van der Waals surface area contributed by atoms with E-state index in [1.807, 2.05) is 18.2 Å². The molecule has 7 heteroatoms. The molecule has 3 rings (SSSR count). The Hall–Kier alpha value is -2.73. The fraction of sp³-hybridized carbons (Fsp3) is 0.300. The molecule has 0 saturated heterocycles. The topological polar surface area (TPSA) is 73.9 Å². The second-order valence-electron chi connectivity index (χ2n) is 6.15. The van der Waals surface area contributed by atoms with Crippen molar-refractivity contribution >= 4 is 29.2 Å². The zero-order valence-electron chi connectivity index (χ0n) is 15.1. The highest BCUT2D eigenvalue weighted by Gasteiger charge is 2.17. The van der Waals surface area contributed by atoms with Gasteiger partial charge >= 0.3 is 5.97 Å². The summed E-state index contributed by atoms with van der Waals surface area (Å²) in [6.45, 7) is -0.401. The van der Waals surface area contributed by atoms with Gasteiger partial charge in [-0.2, -0.15) is 0 Å². The Balaban J connectivity index is 1.60. The third-order valence-corrected chi connectivity index (χ3v) is 4.67. The number of fused-ring (bicyclic) bond motifs is 1. The van der Waals surface area contributed by atoms with Crippen LogP contribution in [-0.2, 0) is 22.4 Å². The minimum atomic E-state index is -0.679. The van der Waals surface area contributed by atoms with E-state index in [1.54, 1.807) is 0 Å². The van der Waals surface area contributed by atoms with Gasteiger partial charge in [-0.05, 0) is 54.7 Å². The van der Waals surface area contributed by atoms with Crippen molar-refractivity contribution in [3.63, 3.8) is 0 Å². The molecule has 0 aliphatic heterocycles. The number of rotatable bonds is 6. The molecular weight excluding hydrogens is 370 g/mol. The Morgan fingerprint density at radius 1 is 1.07 bits per heavy atom. The Labute approximate surface area is 162 Å². The molecule has 142 valence electrons. The fourth-order valence-electron chi connectivity index (χ4n) is 3.10. The number of halogens is 1. The lowest BCUT2D eigenvalue weighted by molar-refractivity contribution is -0.119. The standard InChI is InChI=1S/C20H20ClNO5/c1-25-17-10-14(9-16(21)19(17)26-2)20(24)27-11-18(23)22-15-7-6-12-4-3-5-13(12)8-15/h6-10H,3-5,11H2,1-2H3,(H,22,23). The van der Waals surface area contributed by atoms with Gasteiger partial charge in [-0.3, -0.25) is 4.79 Å². The van der Waals surface area contributed by atoms with Gasteiger partial charge in [-0.25, -0.2) is 4.79 Å². The SMILES string of the molecule is COc1cc(C(=O)OCC(=O)Nc2ccc3c(c2)CCC3)cc(Cl)c1OC. The smallest absolute Gasteiger partial charge is 0.338 e. The van der Waals surface area contributed by atoms with Crippen LogP contribution >= 0.6 is 11.6 Å². The number of ether oxygens (including phenoxy) is 3. The molecule has 0 heterocycles. The van der Waals surface area contributed by atoms with E-state index in [0.29, 0.717) is 17.2 Å². The first-order chi connectivity index (χ1) is 13.0. The molecule has 6 nitrogen and oxygen atoms in total. The van der Waals surface area contributed by atoms with E-state index < -0.39 is 18.5 Å². The number of hydrogen-bond acceptors (Lipinski definition) is 5. The van der Waals surface area contributed by atoms with Crippen molar-refractivity contribution in [1.82, 2.24) is 0 Å². The first-order valence-corrected chi connectivity index (χ1v) is 8.90. The molecule has 0 aromatic heterocycles. The number of carbonyl (C=O) groups excluding carboxylic acids is 2. The number of aryl methyl sites for hydroxylation is 2. The molecule has 1 amide bonds. The van der Waals surface area contributed by atoms with Crippen LogP contribution < -0.4 is 14.8 Å². The predicted molar refractivity (Wildman–Crippen MR) is 102 cm³/mol. The van der Waals surface area contributed by atoms with Gasteiger partial charge in [-0.15, -0.1) is 0 Å². The van der Waals surface area contributed by atoms with Crippen LogP contribution in [0.2, 0.25) is 5.02 Å². The van der Waals surface area contributed by atoms with Gasteiger partial charge < -0.3 is 19.5 Å². The van der Waals surface area contributed by atoms with Gasteiger partial charge in [0.1, 0.15) is 0 Å². The van der Waals surface area contributed by atoms with Crippen LogP contribution in [0.1, 0.15) is 27.9 Å². The van der Waals surface area contributed by atoms with Crippen LogP contribution in [0.4, 0.5) is 5.69 Å². The summed E-state index contributed by atoms with van der Waals surface area (Å²) in [4.78, 5) is 24.3. The summed E-state index contributed by atoms with van der Waals surface area (Å²) in [7, 11) is 2.89. The Morgan fingerprint density at radius 3 is 2.59 bits per heavy atom. The fourth-order valence-corrected chi connectivity index (χ4v) is 3.38. The van der Waals surface area contributed by atoms with Gasteiger partial charge in [0, 0.05) is 5.69 Å². The van der Waals surface area contributed by atoms with E-state index in [9.17, 15) is 9.59 Å². The van der Waals surface area contributed by atoms with Gasteiger partial charge in [0.25, 0.3) is 5.91 Å². The normalized spacial score (nSPS) is 12.3. The summed E-state index contributed by atoms with van der Waals surface area (Å²) in [5.41, 5.74) is 3.45. The quantitative estimate of drug-likeness (QED) is 0.763. The molecule has 0 saturated carbocycles. The first-order valence-electron chi connectivity index (χ1n) is 8.52. The van der Waals surface area contributed by atoms with Crippen LogP contribution in [-0.4, -0.2) is 32.7 Å². The van der Waals surface area contributed by atoms with E-state index >= 15 is 0 Å². The lowest BCUT2D eigenvalue weighted by Gasteiger charge is -2.12. The van der Waals surface area contributed by atoms with Crippen LogP contribution in [0.15, 0.2) is 30.3 Å². The van der Waals surface area contributed by atoms with Crippen molar-refractivity contribution in [2.75, 3.05) is 26.1 Å². The minimum Gasteiger partial charge on any atom is -0.493 e. The lowest BCUT2D eigenvalue weighted by Crippen LogP contribution is -2.21. The molecule has 0 radical (unpaired) electrons. The van der Waals surface area contributed by atoms with E-state index in [0.717, 1.165) is 19.3 Å². The number of carbonyl (C=O) groups is 2. The van der Waals surface area contributed by atoms with Gasteiger partial charge in [0.05, 0.1) is 24.8 Å². The lowest BCUT2D eigenvalue weighted by atomic mass is 10.1. The third kappa shape index (κ3) is 4.34. The van der Waals surface area contributed by atoms with Crippen LogP contribution in [0.25, 0.3) is 0 Å². The summed E-state index contributed by atoms with van der Waals surface area (Å²) in [6.07, 6.45) is 3.24. The molecule has 2 aromatic carbocycles. The maximum atomic E-state index is 12.2. The third-order valence-electron chi connectivity index (χ3n) is 4.39. The number of amides is 1. The molecule has 0 spiro atoms. The Kier molecular flexibility index (Phi) is 5.86. The molecule has 2 aromatic rings. The maximum absolute atomic E-state index is 12.2. The zero-order chi connectivity index (χ0) is 19.4. The predicted octanol–water partition coefficient (Wildman–Crippen LogP) is 3.64. The van der Waals surface area contributed by atoms with Crippen LogP contribution in [0, 0.1) is 0 Å². The number of hydrogen-bond donors (Lipinski definition) is 1. The highest BCUT2D eigenvalue weighted by atomic mass is 35.5. The Bertz CT molecular complexity index is 881. The second kappa shape index (κ2) is 8.31. The number of methoxy groups -OCH3 is 2. The molecule has 27 heavy (non-hydrogen) atoms. The van der Waals surface area contributed by atoms with Crippen LogP contribution in [0.3, 0.4) is 0 Å². The van der Waals surface area contributed by atoms with Crippen molar-refractivity contribution < 1.29 is 23.8 Å². The molecule has 0 fully saturated rings. The van der Waals surface area contributed by atoms with Crippen molar-refractivity contribution in [2.24, 2.45) is 0 Å². The highest BCUT2D eigenvalue weighted by molar-refractivity contribution is 6.32. The van der Waals surface area contributed by atoms with E-state index in [2.05, 4.69) is 5.32 Å². The first kappa shape index (κ1) is 19.0. The summed E-state index contributed by atoms with van der Waals surface area (Å²) in [6, 6.07) is 8.71. The summed E-state index contributed by atoms with van der Waals surface area (Å²) in [5, 5.41) is 2.96. The number of anilines is 1. The highest BCUT2D eigenvalue weighted by Crippen LogP contribution is 2.36. The Morgan fingerprint density at radius 2 is 1.85 bits per heavy atom. The van der Waals surface area contributed by atoms with Crippen molar-refractivity contribution in [3.8, 4) is 11.5 Å². The summed E-state index contributed by atoms with van der Waals surface area (Å²) in [5.74, 6) is -0.459. The summed E-state index contributed by atoms with van der Waals surface area (Å²) >= 11 is 6.08. The van der Waals surface area contributed by atoms with Gasteiger partial charge in [-0.1, -0.05) is 17.7 Å². The monoisotopic (exact) mass is 389 g/mol. The summed E-state index contributed by atoms with van der Waals surface area (Å²) < 4.78 is 15.4.